The van der Waals surface area contributed by atoms with Gasteiger partial charge in [0.1, 0.15) is 0 Å². The highest BCUT2D eigenvalue weighted by atomic mass is 16.1. The fourth-order valence-corrected chi connectivity index (χ4v) is 4.74. The second-order valence-corrected chi connectivity index (χ2v) is 6.94. The molecule has 5 aromatic rings. The van der Waals surface area contributed by atoms with Gasteiger partial charge in [-0.1, -0.05) is 36.4 Å². The lowest BCUT2D eigenvalue weighted by molar-refractivity contribution is 0.0967. The van der Waals surface area contributed by atoms with E-state index < -0.39 is 0 Å². The number of amides is 1. The number of fused-ring (bicyclic) bond motifs is 10. The van der Waals surface area contributed by atoms with Crippen molar-refractivity contribution in [2.24, 2.45) is 0 Å². The van der Waals surface area contributed by atoms with Crippen LogP contribution in [0, 0.1) is 0 Å². The molecule has 0 saturated heterocycles. The van der Waals surface area contributed by atoms with Crippen LogP contribution in [-0.4, -0.2) is 15.5 Å². The van der Waals surface area contributed by atoms with Gasteiger partial charge in [-0.05, 0) is 24.6 Å². The first-order chi connectivity index (χ1) is 12.8. The molecule has 126 valence electrons. The zero-order valence-electron chi connectivity index (χ0n) is 14.4. The van der Waals surface area contributed by atoms with Gasteiger partial charge in [-0.15, -0.1) is 0 Å². The van der Waals surface area contributed by atoms with E-state index in [2.05, 4.69) is 64.3 Å². The number of hydrogen-bond donors (Lipinski definition) is 2. The minimum absolute atomic E-state index is 0.0381. The lowest BCUT2D eigenvalue weighted by Crippen LogP contribution is -2.12. The first-order valence-corrected chi connectivity index (χ1v) is 9.04. The van der Waals surface area contributed by atoms with Crippen LogP contribution in [0.5, 0.6) is 0 Å². The molecule has 26 heavy (non-hydrogen) atoms. The Morgan fingerprint density at radius 3 is 2.62 bits per heavy atom. The third-order valence-electron chi connectivity index (χ3n) is 5.74. The van der Waals surface area contributed by atoms with Crippen molar-refractivity contribution < 1.29 is 4.79 Å². The van der Waals surface area contributed by atoms with Crippen LogP contribution in [0.3, 0.4) is 0 Å². The maximum Gasteiger partial charge on any atom is 0.252 e. The summed E-state index contributed by atoms with van der Waals surface area (Å²) in [5.74, 6) is 0.0381. The highest BCUT2D eigenvalue weighted by Crippen LogP contribution is 2.43. The molecule has 0 fully saturated rings. The van der Waals surface area contributed by atoms with Gasteiger partial charge in [-0.25, -0.2) is 0 Å². The quantitative estimate of drug-likeness (QED) is 0.457. The molecule has 0 bridgehead atoms. The largest absolute Gasteiger partial charge is 0.353 e. The van der Waals surface area contributed by atoms with Crippen LogP contribution in [0.1, 0.15) is 22.8 Å². The Bertz CT molecular complexity index is 1390. The summed E-state index contributed by atoms with van der Waals surface area (Å²) in [6, 6.07) is 16.8. The zero-order valence-corrected chi connectivity index (χ0v) is 14.4. The van der Waals surface area contributed by atoms with Gasteiger partial charge in [-0.3, -0.25) is 4.79 Å². The van der Waals surface area contributed by atoms with Gasteiger partial charge in [0, 0.05) is 45.7 Å². The number of nitrogens with one attached hydrogen (secondary N) is 2. The number of carbonyl (C=O) groups is 1. The summed E-state index contributed by atoms with van der Waals surface area (Å²) in [5, 5.41) is 7.65. The smallest absolute Gasteiger partial charge is 0.252 e. The Labute approximate surface area is 149 Å². The summed E-state index contributed by atoms with van der Waals surface area (Å²) in [6.45, 7) is 3.61. The number of nitrogens with zero attached hydrogens (tertiary/aromatic N) is 1. The van der Waals surface area contributed by atoms with Crippen molar-refractivity contribution in [3.05, 3.63) is 59.7 Å². The van der Waals surface area contributed by atoms with E-state index in [0.717, 1.165) is 45.0 Å². The third kappa shape index (κ3) is 1.48. The van der Waals surface area contributed by atoms with Crippen LogP contribution in [0.2, 0.25) is 0 Å². The Hall–Kier alpha value is -3.27. The lowest BCUT2D eigenvalue weighted by atomic mass is 9.97. The summed E-state index contributed by atoms with van der Waals surface area (Å²) < 4.78 is 2.33. The first kappa shape index (κ1) is 14.0. The maximum absolute atomic E-state index is 12.8. The molecule has 3 aromatic carbocycles. The maximum atomic E-state index is 12.8. The number of H-pyrrole nitrogens is 1. The molecular formula is C22H17N3O. The minimum atomic E-state index is 0.0381. The van der Waals surface area contributed by atoms with Crippen LogP contribution in [0.4, 0.5) is 0 Å². The monoisotopic (exact) mass is 339 g/mol. The Balaban J connectivity index is 2.03. The van der Waals surface area contributed by atoms with Crippen LogP contribution >= 0.6 is 0 Å². The Morgan fingerprint density at radius 1 is 1.00 bits per heavy atom. The Kier molecular flexibility index (Phi) is 2.51. The van der Waals surface area contributed by atoms with Crippen molar-refractivity contribution in [2.45, 2.75) is 20.0 Å². The predicted octanol–water partition coefficient (Wildman–Crippen LogP) is 4.69. The van der Waals surface area contributed by atoms with E-state index in [-0.39, 0.29) is 5.91 Å². The molecule has 0 aliphatic carbocycles. The molecule has 2 N–H and O–H groups in total. The van der Waals surface area contributed by atoms with Gasteiger partial charge in [0.2, 0.25) is 0 Å². The van der Waals surface area contributed by atoms with Crippen molar-refractivity contribution in [1.29, 1.82) is 0 Å². The molecule has 6 rings (SSSR count). The van der Waals surface area contributed by atoms with Crippen molar-refractivity contribution in [2.75, 3.05) is 0 Å². The fraction of sp³-hybridized carbons (Fsp3) is 0.136. The molecule has 1 aliphatic rings. The normalized spacial score (nSPS) is 14.0. The summed E-state index contributed by atoms with van der Waals surface area (Å²) in [7, 11) is 0. The van der Waals surface area contributed by atoms with Gasteiger partial charge in [-0.2, -0.15) is 0 Å². The van der Waals surface area contributed by atoms with Crippen LogP contribution in [0.25, 0.3) is 43.6 Å². The molecule has 4 nitrogen and oxygen atoms in total. The molecule has 1 amide bonds. The van der Waals surface area contributed by atoms with E-state index in [1.165, 1.54) is 16.3 Å². The van der Waals surface area contributed by atoms with Crippen LogP contribution in [-0.2, 0) is 13.1 Å². The van der Waals surface area contributed by atoms with E-state index in [9.17, 15) is 4.79 Å². The van der Waals surface area contributed by atoms with Gasteiger partial charge in [0.05, 0.1) is 16.6 Å². The molecule has 0 atom stereocenters. The molecule has 4 heteroatoms. The van der Waals surface area contributed by atoms with Gasteiger partial charge >= 0.3 is 0 Å². The topological polar surface area (TPSA) is 49.8 Å². The molecule has 3 heterocycles. The number of aromatic amines is 1. The predicted molar refractivity (Wildman–Crippen MR) is 106 cm³/mol. The van der Waals surface area contributed by atoms with Crippen molar-refractivity contribution in [3.8, 4) is 0 Å². The van der Waals surface area contributed by atoms with Crippen LogP contribution in [0.15, 0.2) is 48.5 Å². The Morgan fingerprint density at radius 2 is 1.77 bits per heavy atom. The molecule has 0 unspecified atom stereocenters. The number of aromatic nitrogens is 2. The summed E-state index contributed by atoms with van der Waals surface area (Å²) in [6.07, 6.45) is 0. The first-order valence-electron chi connectivity index (χ1n) is 9.04. The van der Waals surface area contributed by atoms with E-state index in [4.69, 9.17) is 0 Å². The highest BCUT2D eigenvalue weighted by molar-refractivity contribution is 6.30. The molecule has 2 aromatic heterocycles. The van der Waals surface area contributed by atoms with Crippen LogP contribution < -0.4 is 5.32 Å². The average Bonchev–Trinajstić information content (AvgIpc) is 3.32. The van der Waals surface area contributed by atoms with Crippen molar-refractivity contribution in [1.82, 2.24) is 14.9 Å². The van der Waals surface area contributed by atoms with Crippen molar-refractivity contribution in [3.63, 3.8) is 0 Å². The van der Waals surface area contributed by atoms with Crippen molar-refractivity contribution >= 4 is 49.5 Å². The number of benzene rings is 3. The number of aryl methyl sites for hydroxylation is 1. The molecule has 0 saturated carbocycles. The lowest BCUT2D eigenvalue weighted by Gasteiger charge is -2.07. The second kappa shape index (κ2) is 4.67. The molecule has 0 spiro atoms. The SMILES string of the molecule is CCn1c2ccccc2c2c3c(c4c5ccccc5[nH]c4c21)CNC3=O. The second-order valence-electron chi connectivity index (χ2n) is 6.94. The number of rotatable bonds is 1. The highest BCUT2D eigenvalue weighted by Gasteiger charge is 2.30. The number of hydrogen-bond acceptors (Lipinski definition) is 1. The zero-order chi connectivity index (χ0) is 17.4. The van der Waals surface area contributed by atoms with Gasteiger partial charge in [0.25, 0.3) is 5.91 Å². The number of para-hydroxylation sites is 2. The number of carbonyl (C=O) groups excluding carboxylic acids is 1. The molecular weight excluding hydrogens is 322 g/mol. The van der Waals surface area contributed by atoms with E-state index in [1.54, 1.807) is 0 Å². The summed E-state index contributed by atoms with van der Waals surface area (Å²) in [5.41, 5.74) is 6.53. The molecule has 1 aliphatic heterocycles. The van der Waals surface area contributed by atoms with E-state index in [1.807, 2.05) is 6.07 Å². The van der Waals surface area contributed by atoms with Gasteiger partial charge in [0.15, 0.2) is 0 Å². The van der Waals surface area contributed by atoms with E-state index >= 15 is 0 Å². The molecule has 0 radical (unpaired) electrons. The standard InChI is InChI=1S/C22H17N3O/c1-2-25-16-10-6-4-8-13(16)18-19-14(11-23-22(19)26)17-12-7-3-5-9-15(12)24-20(17)21(18)25/h3-10,24H,2,11H2,1H3,(H,23,26). The minimum Gasteiger partial charge on any atom is -0.353 e. The third-order valence-corrected chi connectivity index (χ3v) is 5.74. The average molecular weight is 339 g/mol. The van der Waals surface area contributed by atoms with E-state index in [0.29, 0.717) is 6.54 Å². The fourth-order valence-electron chi connectivity index (χ4n) is 4.74. The summed E-state index contributed by atoms with van der Waals surface area (Å²) in [4.78, 5) is 16.4. The summed E-state index contributed by atoms with van der Waals surface area (Å²) >= 11 is 0. The van der Waals surface area contributed by atoms with Gasteiger partial charge < -0.3 is 14.9 Å².